The predicted octanol–water partition coefficient (Wildman–Crippen LogP) is 1.57. The van der Waals surface area contributed by atoms with Crippen LogP contribution in [0.5, 0.6) is 0 Å². The molecule has 0 spiro atoms. The van der Waals surface area contributed by atoms with Crippen LogP contribution in [0.25, 0.3) is 11.2 Å². The molecule has 3 rings (SSSR count). The van der Waals surface area contributed by atoms with Crippen molar-refractivity contribution in [2.45, 2.75) is 19.3 Å². The van der Waals surface area contributed by atoms with Crippen LogP contribution >= 0.6 is 0 Å². The maximum absolute atomic E-state index is 4.64. The summed E-state index contributed by atoms with van der Waals surface area (Å²) in [5.41, 5.74) is 1.87. The van der Waals surface area contributed by atoms with Crippen molar-refractivity contribution in [2.75, 3.05) is 32.1 Å². The fraction of sp³-hybridized carbons (Fsp3) is 0.571. The second-order valence-electron chi connectivity index (χ2n) is 5.52. The van der Waals surface area contributed by atoms with Gasteiger partial charge in [-0.3, -0.25) is 0 Å². The first-order valence-corrected chi connectivity index (χ1v) is 6.96. The van der Waals surface area contributed by atoms with Gasteiger partial charge >= 0.3 is 0 Å². The van der Waals surface area contributed by atoms with Gasteiger partial charge < -0.3 is 15.2 Å². The number of anilines is 1. The molecular weight excluding hydrogens is 238 g/mol. The third-order valence-corrected chi connectivity index (χ3v) is 3.78. The highest BCUT2D eigenvalue weighted by Crippen LogP contribution is 2.19. The van der Waals surface area contributed by atoms with E-state index in [4.69, 9.17) is 0 Å². The van der Waals surface area contributed by atoms with Crippen LogP contribution in [0, 0.1) is 5.92 Å². The van der Waals surface area contributed by atoms with Crippen LogP contribution in [0.15, 0.2) is 12.1 Å². The van der Waals surface area contributed by atoms with Crippen molar-refractivity contribution in [1.29, 1.82) is 0 Å². The first-order chi connectivity index (χ1) is 9.22. The molecule has 0 unspecified atom stereocenters. The topological polar surface area (TPSA) is 56.8 Å². The summed E-state index contributed by atoms with van der Waals surface area (Å²) in [6.45, 7) is 2.27. The lowest BCUT2D eigenvalue weighted by molar-refractivity contribution is 0.368. The smallest absolute Gasteiger partial charge is 0.179 e. The van der Waals surface area contributed by atoms with Crippen LogP contribution in [0.3, 0.4) is 0 Å². The molecule has 0 bridgehead atoms. The monoisotopic (exact) mass is 259 g/mol. The molecule has 2 aromatic heterocycles. The molecule has 0 radical (unpaired) electrons. The molecule has 0 amide bonds. The van der Waals surface area contributed by atoms with E-state index < -0.39 is 0 Å². The second-order valence-corrected chi connectivity index (χ2v) is 5.52. The van der Waals surface area contributed by atoms with E-state index in [2.05, 4.69) is 26.3 Å². The summed E-state index contributed by atoms with van der Waals surface area (Å²) >= 11 is 0. The summed E-state index contributed by atoms with van der Waals surface area (Å²) < 4.78 is 0. The Morgan fingerprint density at radius 1 is 1.21 bits per heavy atom. The number of fused-ring (bicyclic) bond motifs is 1. The van der Waals surface area contributed by atoms with E-state index in [1.165, 1.54) is 12.8 Å². The van der Waals surface area contributed by atoms with E-state index in [-0.39, 0.29) is 0 Å². The Bertz CT molecular complexity index is 554. The van der Waals surface area contributed by atoms with E-state index >= 15 is 0 Å². The first-order valence-electron chi connectivity index (χ1n) is 6.96. The summed E-state index contributed by atoms with van der Waals surface area (Å²) in [6, 6.07) is 4.09. The van der Waals surface area contributed by atoms with Crippen molar-refractivity contribution in [3.05, 3.63) is 18.0 Å². The maximum atomic E-state index is 4.64. The highest BCUT2D eigenvalue weighted by Gasteiger charge is 2.16. The Morgan fingerprint density at radius 3 is 2.74 bits per heavy atom. The van der Waals surface area contributed by atoms with Gasteiger partial charge in [0.05, 0.1) is 5.52 Å². The molecule has 0 atom stereocenters. The number of aromatic nitrogens is 3. The van der Waals surface area contributed by atoms with E-state index in [9.17, 15) is 0 Å². The summed E-state index contributed by atoms with van der Waals surface area (Å²) in [7, 11) is 3.99. The van der Waals surface area contributed by atoms with Gasteiger partial charge in [-0.05, 0) is 44.0 Å². The predicted molar refractivity (Wildman–Crippen MR) is 77.5 cm³/mol. The van der Waals surface area contributed by atoms with Gasteiger partial charge in [-0.25, -0.2) is 9.97 Å². The Kier molecular flexibility index (Phi) is 3.38. The lowest BCUT2D eigenvalue weighted by atomic mass is 9.94. The Labute approximate surface area is 113 Å². The van der Waals surface area contributed by atoms with E-state index in [1.54, 1.807) is 0 Å². The standard InChI is InChI=1S/C14H21N5/c1-19(2)13-4-3-11-14(18-13)17-12(16-11)9-10-5-7-15-8-6-10/h3-4,10,15H,5-9H2,1-2H3,(H,16,17,18). The highest BCUT2D eigenvalue weighted by molar-refractivity contribution is 5.73. The van der Waals surface area contributed by atoms with Crippen LogP contribution in [0.4, 0.5) is 5.82 Å². The largest absolute Gasteiger partial charge is 0.363 e. The minimum atomic E-state index is 0.745. The second kappa shape index (κ2) is 5.17. The molecular formula is C14H21N5. The van der Waals surface area contributed by atoms with Crippen LogP contribution in [-0.4, -0.2) is 42.1 Å². The molecule has 5 nitrogen and oxygen atoms in total. The van der Waals surface area contributed by atoms with Crippen molar-refractivity contribution in [3.63, 3.8) is 0 Å². The molecule has 0 saturated carbocycles. The normalized spacial score (nSPS) is 16.9. The SMILES string of the molecule is CN(C)c1ccc2[nH]c(CC3CCNCC3)nc2n1. The van der Waals surface area contributed by atoms with Gasteiger partial charge in [0, 0.05) is 20.5 Å². The molecule has 2 N–H and O–H groups in total. The summed E-state index contributed by atoms with van der Waals surface area (Å²) in [4.78, 5) is 14.6. The van der Waals surface area contributed by atoms with Gasteiger partial charge in [0.25, 0.3) is 0 Å². The third kappa shape index (κ3) is 2.71. The Hall–Kier alpha value is -1.62. The fourth-order valence-corrected chi connectivity index (χ4v) is 2.64. The van der Waals surface area contributed by atoms with Crippen LogP contribution < -0.4 is 10.2 Å². The number of hydrogen-bond acceptors (Lipinski definition) is 4. The fourth-order valence-electron chi connectivity index (χ4n) is 2.64. The number of H-pyrrole nitrogens is 1. The van der Waals surface area contributed by atoms with Gasteiger partial charge in [0.2, 0.25) is 0 Å². The number of nitrogens with one attached hydrogen (secondary N) is 2. The molecule has 2 aromatic rings. The number of imidazole rings is 1. The van der Waals surface area contributed by atoms with Crippen molar-refractivity contribution in [3.8, 4) is 0 Å². The Morgan fingerprint density at radius 2 is 2.00 bits per heavy atom. The van der Waals surface area contributed by atoms with Gasteiger partial charge in [0.15, 0.2) is 5.65 Å². The van der Waals surface area contributed by atoms with Crippen LogP contribution in [-0.2, 0) is 6.42 Å². The lowest BCUT2D eigenvalue weighted by Crippen LogP contribution is -2.28. The maximum Gasteiger partial charge on any atom is 0.179 e. The summed E-state index contributed by atoms with van der Waals surface area (Å²) in [6.07, 6.45) is 3.52. The molecule has 102 valence electrons. The van der Waals surface area contributed by atoms with Gasteiger partial charge in [-0.1, -0.05) is 0 Å². The van der Waals surface area contributed by atoms with E-state index in [0.717, 1.165) is 48.2 Å². The zero-order valence-electron chi connectivity index (χ0n) is 11.6. The molecule has 19 heavy (non-hydrogen) atoms. The van der Waals surface area contributed by atoms with Crippen LogP contribution in [0.2, 0.25) is 0 Å². The first kappa shape index (κ1) is 12.4. The minimum absolute atomic E-state index is 0.745. The number of pyridine rings is 1. The average Bonchev–Trinajstić information content (AvgIpc) is 2.80. The molecule has 1 aliphatic rings. The van der Waals surface area contributed by atoms with Crippen LogP contribution in [0.1, 0.15) is 18.7 Å². The molecule has 1 fully saturated rings. The summed E-state index contributed by atoms with van der Waals surface area (Å²) in [5, 5.41) is 3.40. The average molecular weight is 259 g/mol. The Balaban J connectivity index is 1.80. The lowest BCUT2D eigenvalue weighted by Gasteiger charge is -2.21. The number of rotatable bonds is 3. The molecule has 1 saturated heterocycles. The summed E-state index contributed by atoms with van der Waals surface area (Å²) in [5.74, 6) is 2.77. The van der Waals surface area contributed by atoms with Crippen molar-refractivity contribution >= 4 is 17.0 Å². The van der Waals surface area contributed by atoms with Gasteiger partial charge in [0.1, 0.15) is 11.6 Å². The van der Waals surface area contributed by atoms with Crippen molar-refractivity contribution in [2.24, 2.45) is 5.92 Å². The number of piperidine rings is 1. The number of aromatic amines is 1. The zero-order valence-corrected chi connectivity index (χ0v) is 11.6. The highest BCUT2D eigenvalue weighted by atomic mass is 15.1. The molecule has 3 heterocycles. The molecule has 0 aromatic carbocycles. The van der Waals surface area contributed by atoms with Gasteiger partial charge in [-0.2, -0.15) is 0 Å². The van der Waals surface area contributed by atoms with Gasteiger partial charge in [-0.15, -0.1) is 0 Å². The molecule has 1 aliphatic heterocycles. The quantitative estimate of drug-likeness (QED) is 0.878. The zero-order chi connectivity index (χ0) is 13.2. The van der Waals surface area contributed by atoms with Crippen molar-refractivity contribution < 1.29 is 0 Å². The number of hydrogen-bond donors (Lipinski definition) is 2. The van der Waals surface area contributed by atoms with E-state index in [0.29, 0.717) is 0 Å². The minimum Gasteiger partial charge on any atom is -0.363 e. The van der Waals surface area contributed by atoms with Crippen molar-refractivity contribution in [1.82, 2.24) is 20.3 Å². The molecule has 5 heteroatoms. The molecule has 0 aliphatic carbocycles. The number of nitrogens with zero attached hydrogens (tertiary/aromatic N) is 3. The third-order valence-electron chi connectivity index (χ3n) is 3.78. The van der Waals surface area contributed by atoms with E-state index in [1.807, 2.05) is 25.1 Å².